The molecule has 1 saturated heterocycles. The average Bonchev–Trinajstić information content (AvgIpc) is 3.19. The van der Waals surface area contributed by atoms with Crippen LogP contribution in [-0.2, 0) is 9.59 Å². The van der Waals surface area contributed by atoms with Crippen LogP contribution in [0.5, 0.6) is 0 Å². The molecule has 27 heavy (non-hydrogen) atoms. The topological polar surface area (TPSA) is 75.4 Å². The van der Waals surface area contributed by atoms with Gasteiger partial charge in [0, 0.05) is 31.3 Å². The summed E-state index contributed by atoms with van der Waals surface area (Å²) in [5.41, 5.74) is 2.99. The fourth-order valence-electron chi connectivity index (χ4n) is 3.30. The lowest BCUT2D eigenvalue weighted by Crippen LogP contribution is -2.28. The van der Waals surface area contributed by atoms with Crippen LogP contribution in [0, 0.1) is 25.6 Å². The van der Waals surface area contributed by atoms with Crippen molar-refractivity contribution in [2.75, 3.05) is 16.8 Å². The second-order valence-corrected chi connectivity index (χ2v) is 6.74. The van der Waals surface area contributed by atoms with E-state index in [1.54, 1.807) is 43.0 Å². The fourth-order valence-corrected chi connectivity index (χ4v) is 3.30. The zero-order valence-corrected chi connectivity index (χ0v) is 15.0. The van der Waals surface area contributed by atoms with Gasteiger partial charge in [0.05, 0.1) is 5.92 Å². The number of carbonyl (C=O) groups excluding carboxylic acids is 2. The predicted molar refractivity (Wildman–Crippen MR) is 99.0 cm³/mol. The first-order valence-corrected chi connectivity index (χ1v) is 8.65. The Morgan fingerprint density at radius 3 is 2.85 bits per heavy atom. The van der Waals surface area contributed by atoms with Crippen molar-refractivity contribution in [3.8, 4) is 0 Å². The van der Waals surface area contributed by atoms with Crippen molar-refractivity contribution in [1.29, 1.82) is 0 Å². The SMILES string of the molecule is Cc1nc2cc(N3C[C@@H](C(=O)Nc4ccc(F)c(C)c4)CC3=O)ccc2o1. The molecule has 2 heterocycles. The third-order valence-corrected chi connectivity index (χ3v) is 4.71. The predicted octanol–water partition coefficient (Wildman–Crippen LogP) is 3.58. The van der Waals surface area contributed by atoms with Crippen LogP contribution < -0.4 is 10.2 Å². The van der Waals surface area contributed by atoms with Crippen molar-refractivity contribution >= 4 is 34.3 Å². The second kappa shape index (κ2) is 6.50. The summed E-state index contributed by atoms with van der Waals surface area (Å²) in [6, 6.07) is 9.73. The number of hydrogen-bond acceptors (Lipinski definition) is 4. The molecule has 138 valence electrons. The Kier molecular flexibility index (Phi) is 4.14. The summed E-state index contributed by atoms with van der Waals surface area (Å²) in [5.74, 6) is -0.617. The van der Waals surface area contributed by atoms with E-state index in [4.69, 9.17) is 4.42 Å². The summed E-state index contributed by atoms with van der Waals surface area (Å²) >= 11 is 0. The highest BCUT2D eigenvalue weighted by molar-refractivity contribution is 6.04. The van der Waals surface area contributed by atoms with Crippen LogP contribution in [0.15, 0.2) is 40.8 Å². The first kappa shape index (κ1) is 17.2. The van der Waals surface area contributed by atoms with Crippen molar-refractivity contribution < 1.29 is 18.4 Å². The van der Waals surface area contributed by atoms with E-state index >= 15 is 0 Å². The van der Waals surface area contributed by atoms with Crippen molar-refractivity contribution in [2.24, 2.45) is 5.92 Å². The number of anilines is 2. The molecule has 0 spiro atoms. The number of amides is 2. The Morgan fingerprint density at radius 2 is 2.07 bits per heavy atom. The van der Waals surface area contributed by atoms with Crippen molar-refractivity contribution in [1.82, 2.24) is 4.98 Å². The van der Waals surface area contributed by atoms with E-state index in [9.17, 15) is 14.0 Å². The molecule has 1 aliphatic rings. The van der Waals surface area contributed by atoms with Crippen LogP contribution in [0.4, 0.5) is 15.8 Å². The van der Waals surface area contributed by atoms with Gasteiger partial charge in [0.25, 0.3) is 0 Å². The first-order valence-electron chi connectivity index (χ1n) is 8.65. The number of oxazole rings is 1. The first-order chi connectivity index (χ1) is 12.9. The third kappa shape index (κ3) is 3.28. The fraction of sp³-hybridized carbons (Fsp3) is 0.250. The quantitative estimate of drug-likeness (QED) is 0.768. The van der Waals surface area contributed by atoms with Crippen LogP contribution in [0.3, 0.4) is 0 Å². The number of halogens is 1. The molecule has 0 bridgehead atoms. The molecule has 0 saturated carbocycles. The van der Waals surface area contributed by atoms with E-state index in [1.165, 1.54) is 12.1 Å². The van der Waals surface area contributed by atoms with Gasteiger partial charge in [-0.05, 0) is 48.9 Å². The Morgan fingerprint density at radius 1 is 1.26 bits per heavy atom. The summed E-state index contributed by atoms with van der Waals surface area (Å²) in [6.07, 6.45) is 0.127. The van der Waals surface area contributed by atoms with E-state index in [0.29, 0.717) is 33.9 Å². The summed E-state index contributed by atoms with van der Waals surface area (Å²) in [6.45, 7) is 3.68. The molecule has 6 nitrogen and oxygen atoms in total. The largest absolute Gasteiger partial charge is 0.441 e. The van der Waals surface area contributed by atoms with E-state index in [1.807, 2.05) is 0 Å². The van der Waals surface area contributed by atoms with Crippen LogP contribution >= 0.6 is 0 Å². The smallest absolute Gasteiger partial charge is 0.229 e. The lowest BCUT2D eigenvalue weighted by molar-refractivity contribution is -0.122. The minimum absolute atomic E-state index is 0.120. The summed E-state index contributed by atoms with van der Waals surface area (Å²) in [5, 5.41) is 2.77. The molecule has 1 aliphatic heterocycles. The lowest BCUT2D eigenvalue weighted by atomic mass is 10.1. The Hall–Kier alpha value is -3.22. The molecule has 2 amide bonds. The van der Waals surface area contributed by atoms with Gasteiger partial charge in [0.15, 0.2) is 11.5 Å². The van der Waals surface area contributed by atoms with Gasteiger partial charge >= 0.3 is 0 Å². The molecular weight excluding hydrogens is 349 g/mol. The van der Waals surface area contributed by atoms with E-state index < -0.39 is 5.92 Å². The molecule has 1 aromatic heterocycles. The van der Waals surface area contributed by atoms with Crippen LogP contribution in [0.2, 0.25) is 0 Å². The monoisotopic (exact) mass is 367 g/mol. The molecule has 1 N–H and O–H groups in total. The molecule has 3 aromatic rings. The molecule has 4 rings (SSSR count). The maximum atomic E-state index is 13.4. The number of benzene rings is 2. The molecule has 0 radical (unpaired) electrons. The van der Waals surface area contributed by atoms with Gasteiger partial charge in [0.2, 0.25) is 11.8 Å². The van der Waals surface area contributed by atoms with E-state index in [-0.39, 0.29) is 30.6 Å². The van der Waals surface area contributed by atoms with Gasteiger partial charge in [-0.25, -0.2) is 9.37 Å². The number of nitrogens with zero attached hydrogens (tertiary/aromatic N) is 2. The Bertz CT molecular complexity index is 1060. The molecule has 1 atom stereocenters. The van der Waals surface area contributed by atoms with Crippen LogP contribution in [0.1, 0.15) is 17.9 Å². The van der Waals surface area contributed by atoms with Gasteiger partial charge in [-0.2, -0.15) is 0 Å². The van der Waals surface area contributed by atoms with Crippen molar-refractivity contribution in [3.63, 3.8) is 0 Å². The standard InChI is InChI=1S/C20H18FN3O3/c1-11-7-14(3-5-16(11)21)23-20(26)13-8-19(25)24(10-13)15-4-6-18-17(9-15)22-12(2)27-18/h3-7,9,13H,8,10H2,1-2H3,(H,23,26)/t13-/m0/s1. The van der Waals surface area contributed by atoms with Gasteiger partial charge < -0.3 is 14.6 Å². The zero-order chi connectivity index (χ0) is 19.1. The normalized spacial score (nSPS) is 16.9. The van der Waals surface area contributed by atoms with Gasteiger partial charge in [0.1, 0.15) is 11.3 Å². The van der Waals surface area contributed by atoms with Crippen LogP contribution in [-0.4, -0.2) is 23.3 Å². The molecule has 7 heteroatoms. The Labute approximate surface area is 155 Å². The molecule has 2 aromatic carbocycles. The maximum Gasteiger partial charge on any atom is 0.229 e. The van der Waals surface area contributed by atoms with Gasteiger partial charge in [-0.1, -0.05) is 0 Å². The van der Waals surface area contributed by atoms with Gasteiger partial charge in [-0.3, -0.25) is 9.59 Å². The summed E-state index contributed by atoms with van der Waals surface area (Å²) in [4.78, 5) is 30.8. The molecular formula is C20H18FN3O3. The zero-order valence-electron chi connectivity index (χ0n) is 15.0. The highest BCUT2D eigenvalue weighted by Gasteiger charge is 2.35. The highest BCUT2D eigenvalue weighted by atomic mass is 19.1. The number of carbonyl (C=O) groups is 2. The number of hydrogen-bond donors (Lipinski definition) is 1. The second-order valence-electron chi connectivity index (χ2n) is 6.74. The van der Waals surface area contributed by atoms with Crippen molar-refractivity contribution in [3.05, 3.63) is 53.7 Å². The number of aryl methyl sites for hydroxylation is 2. The van der Waals surface area contributed by atoms with E-state index in [2.05, 4.69) is 10.3 Å². The Balaban J connectivity index is 1.50. The highest BCUT2D eigenvalue weighted by Crippen LogP contribution is 2.29. The lowest BCUT2D eigenvalue weighted by Gasteiger charge is -2.16. The van der Waals surface area contributed by atoms with Crippen molar-refractivity contribution in [2.45, 2.75) is 20.3 Å². The van der Waals surface area contributed by atoms with Gasteiger partial charge in [-0.15, -0.1) is 0 Å². The number of nitrogens with one attached hydrogen (secondary N) is 1. The average molecular weight is 367 g/mol. The molecule has 1 fully saturated rings. The number of rotatable bonds is 3. The van der Waals surface area contributed by atoms with E-state index in [0.717, 1.165) is 0 Å². The third-order valence-electron chi connectivity index (χ3n) is 4.71. The summed E-state index contributed by atoms with van der Waals surface area (Å²) in [7, 11) is 0. The number of aromatic nitrogens is 1. The molecule has 0 aliphatic carbocycles. The maximum absolute atomic E-state index is 13.4. The van der Waals surface area contributed by atoms with Crippen LogP contribution in [0.25, 0.3) is 11.1 Å². The minimum atomic E-state index is -0.474. The molecule has 0 unspecified atom stereocenters. The summed E-state index contributed by atoms with van der Waals surface area (Å²) < 4.78 is 18.8. The minimum Gasteiger partial charge on any atom is -0.441 e. The number of fused-ring (bicyclic) bond motifs is 1.